The number of hydrogen-bond donors (Lipinski definition) is 1. The average Bonchev–Trinajstić information content (AvgIpc) is 2.40. The van der Waals surface area contributed by atoms with Gasteiger partial charge in [0.05, 0.1) is 11.4 Å². The molecule has 1 fully saturated rings. The Morgan fingerprint density at radius 3 is 2.60 bits per heavy atom. The largest absolute Gasteiger partial charge is 0.397 e. The predicted molar refractivity (Wildman–Crippen MR) is 84.1 cm³/mol. The third kappa shape index (κ3) is 2.89. The van der Waals surface area contributed by atoms with Crippen LogP contribution in [0.25, 0.3) is 0 Å². The van der Waals surface area contributed by atoms with E-state index in [9.17, 15) is 4.79 Å². The second-order valence-electron chi connectivity index (χ2n) is 6.16. The zero-order valence-corrected chi connectivity index (χ0v) is 12.9. The van der Waals surface area contributed by atoms with Crippen LogP contribution in [-0.2, 0) is 0 Å². The van der Waals surface area contributed by atoms with Gasteiger partial charge in [0, 0.05) is 32.2 Å². The number of carbonyl (C=O) groups excluding carboxylic acids is 1. The molecule has 1 aromatic carbocycles. The molecule has 1 heterocycles. The fourth-order valence-electron chi connectivity index (χ4n) is 2.83. The molecule has 0 saturated carbocycles. The minimum atomic E-state index is -0.0108. The van der Waals surface area contributed by atoms with Crippen LogP contribution in [0.15, 0.2) is 18.2 Å². The lowest BCUT2D eigenvalue weighted by Gasteiger charge is -2.39. The molecule has 2 atom stereocenters. The third-order valence-electron chi connectivity index (χ3n) is 4.11. The molecule has 4 heteroatoms. The highest BCUT2D eigenvalue weighted by Gasteiger charge is 2.24. The van der Waals surface area contributed by atoms with Gasteiger partial charge in [0.2, 0.25) is 0 Å². The van der Waals surface area contributed by atoms with E-state index < -0.39 is 0 Å². The van der Waals surface area contributed by atoms with Gasteiger partial charge in [-0.05, 0) is 43.9 Å². The van der Waals surface area contributed by atoms with Crippen molar-refractivity contribution in [3.8, 4) is 0 Å². The summed E-state index contributed by atoms with van der Waals surface area (Å²) in [5.74, 6) is 0.678. The van der Waals surface area contributed by atoms with Crippen LogP contribution in [0.2, 0.25) is 0 Å². The number of nitrogen functional groups attached to an aromatic ring is 1. The molecular weight excluding hydrogens is 250 g/mol. The fraction of sp³-hybridized carbons (Fsp3) is 0.562. The maximum absolute atomic E-state index is 12.0. The number of nitrogens with zero attached hydrogens (tertiary/aromatic N) is 2. The third-order valence-corrected chi connectivity index (χ3v) is 4.11. The fourth-order valence-corrected chi connectivity index (χ4v) is 2.83. The smallest absolute Gasteiger partial charge is 0.253 e. The van der Waals surface area contributed by atoms with Crippen LogP contribution in [0, 0.1) is 5.92 Å². The topological polar surface area (TPSA) is 49.6 Å². The van der Waals surface area contributed by atoms with Gasteiger partial charge in [0.15, 0.2) is 0 Å². The Morgan fingerprint density at radius 2 is 2.00 bits per heavy atom. The summed E-state index contributed by atoms with van der Waals surface area (Å²) in [4.78, 5) is 15.9. The quantitative estimate of drug-likeness (QED) is 0.844. The number of hydrogen-bond acceptors (Lipinski definition) is 3. The second kappa shape index (κ2) is 5.73. The van der Waals surface area contributed by atoms with Gasteiger partial charge in [-0.2, -0.15) is 0 Å². The molecule has 2 N–H and O–H groups in total. The van der Waals surface area contributed by atoms with E-state index in [1.54, 1.807) is 25.1 Å². The number of benzene rings is 1. The Kier molecular flexibility index (Phi) is 4.21. The lowest BCUT2D eigenvalue weighted by Crippen LogP contribution is -2.41. The maximum Gasteiger partial charge on any atom is 0.253 e. The molecule has 4 nitrogen and oxygen atoms in total. The van der Waals surface area contributed by atoms with E-state index >= 15 is 0 Å². The summed E-state index contributed by atoms with van der Waals surface area (Å²) >= 11 is 0. The van der Waals surface area contributed by atoms with E-state index in [-0.39, 0.29) is 5.91 Å². The molecule has 1 saturated heterocycles. The first-order valence-corrected chi connectivity index (χ1v) is 7.28. The van der Waals surface area contributed by atoms with Crippen LogP contribution < -0.4 is 10.6 Å². The molecular formula is C16H25N3O. The van der Waals surface area contributed by atoms with E-state index in [2.05, 4.69) is 18.7 Å². The summed E-state index contributed by atoms with van der Waals surface area (Å²) < 4.78 is 0. The van der Waals surface area contributed by atoms with Crippen molar-refractivity contribution < 1.29 is 4.79 Å². The lowest BCUT2D eigenvalue weighted by molar-refractivity contribution is 0.0827. The Balaban J connectivity index is 2.27. The summed E-state index contributed by atoms with van der Waals surface area (Å²) in [6.45, 7) is 5.55. The van der Waals surface area contributed by atoms with Gasteiger partial charge >= 0.3 is 0 Å². The summed E-state index contributed by atoms with van der Waals surface area (Å²) in [6.07, 6.45) is 2.47. The van der Waals surface area contributed by atoms with Crippen molar-refractivity contribution in [1.29, 1.82) is 0 Å². The van der Waals surface area contributed by atoms with E-state index in [1.165, 1.54) is 12.8 Å². The van der Waals surface area contributed by atoms with Crippen molar-refractivity contribution in [3.63, 3.8) is 0 Å². The number of amides is 1. The Morgan fingerprint density at radius 1 is 1.30 bits per heavy atom. The van der Waals surface area contributed by atoms with E-state index in [0.29, 0.717) is 23.2 Å². The standard InChI is InChI=1S/C16H25N3O/c1-11-5-6-12(2)19(10-11)15-8-7-13(9-14(15)17)16(20)18(3)4/h7-9,11-12H,5-6,10,17H2,1-4H3. The zero-order valence-electron chi connectivity index (χ0n) is 12.9. The first-order chi connectivity index (χ1) is 9.40. The minimum absolute atomic E-state index is 0.0108. The molecule has 0 spiro atoms. The van der Waals surface area contributed by atoms with Crippen LogP contribution in [-0.4, -0.2) is 37.5 Å². The summed E-state index contributed by atoms with van der Waals surface area (Å²) in [5, 5.41) is 0. The van der Waals surface area contributed by atoms with Gasteiger partial charge in [-0.1, -0.05) is 6.92 Å². The van der Waals surface area contributed by atoms with Crippen molar-refractivity contribution in [2.75, 3.05) is 31.3 Å². The lowest BCUT2D eigenvalue weighted by atomic mass is 9.94. The Hall–Kier alpha value is -1.71. The minimum Gasteiger partial charge on any atom is -0.397 e. The van der Waals surface area contributed by atoms with Crippen molar-refractivity contribution >= 4 is 17.3 Å². The first-order valence-electron chi connectivity index (χ1n) is 7.28. The van der Waals surface area contributed by atoms with Crippen molar-refractivity contribution in [1.82, 2.24) is 4.90 Å². The normalized spacial score (nSPS) is 22.7. The van der Waals surface area contributed by atoms with E-state index in [0.717, 1.165) is 12.2 Å². The predicted octanol–water partition coefficient (Wildman–Crippen LogP) is 2.60. The maximum atomic E-state index is 12.0. The van der Waals surface area contributed by atoms with Crippen LogP contribution in [0.1, 0.15) is 37.0 Å². The number of nitrogens with two attached hydrogens (primary N) is 1. The van der Waals surface area contributed by atoms with E-state index in [4.69, 9.17) is 5.73 Å². The Bertz CT molecular complexity index is 498. The Labute approximate surface area is 121 Å². The van der Waals surface area contributed by atoms with E-state index in [1.807, 2.05) is 12.1 Å². The van der Waals surface area contributed by atoms with Crippen LogP contribution in [0.5, 0.6) is 0 Å². The highest BCUT2D eigenvalue weighted by molar-refractivity contribution is 5.95. The molecule has 110 valence electrons. The highest BCUT2D eigenvalue weighted by atomic mass is 16.2. The second-order valence-corrected chi connectivity index (χ2v) is 6.16. The van der Waals surface area contributed by atoms with Crippen molar-refractivity contribution in [2.24, 2.45) is 5.92 Å². The van der Waals surface area contributed by atoms with Gasteiger partial charge in [0.25, 0.3) is 5.91 Å². The molecule has 0 bridgehead atoms. The monoisotopic (exact) mass is 275 g/mol. The molecule has 1 aromatic rings. The number of carbonyl (C=O) groups is 1. The molecule has 0 aliphatic carbocycles. The molecule has 0 radical (unpaired) electrons. The average molecular weight is 275 g/mol. The molecule has 1 aliphatic heterocycles. The first kappa shape index (κ1) is 14.7. The van der Waals surface area contributed by atoms with Gasteiger partial charge in [-0.15, -0.1) is 0 Å². The summed E-state index contributed by atoms with van der Waals surface area (Å²) in [5.41, 5.74) is 8.58. The van der Waals surface area contributed by atoms with Gasteiger partial charge in [-0.3, -0.25) is 4.79 Å². The molecule has 0 aromatic heterocycles. The zero-order chi connectivity index (χ0) is 14.9. The van der Waals surface area contributed by atoms with Gasteiger partial charge in [-0.25, -0.2) is 0 Å². The van der Waals surface area contributed by atoms with Crippen LogP contribution >= 0.6 is 0 Å². The van der Waals surface area contributed by atoms with Gasteiger partial charge < -0.3 is 15.5 Å². The van der Waals surface area contributed by atoms with Gasteiger partial charge in [0.1, 0.15) is 0 Å². The number of anilines is 2. The molecule has 1 aliphatic rings. The SMILES string of the molecule is CC1CCC(C)N(c2ccc(C(=O)N(C)C)cc2N)C1. The molecule has 2 unspecified atom stereocenters. The van der Waals surface area contributed by atoms with Crippen molar-refractivity contribution in [2.45, 2.75) is 32.7 Å². The molecule has 2 rings (SSSR count). The summed E-state index contributed by atoms with van der Waals surface area (Å²) in [6, 6.07) is 6.16. The molecule has 20 heavy (non-hydrogen) atoms. The van der Waals surface area contributed by atoms with Crippen LogP contribution in [0.3, 0.4) is 0 Å². The summed E-state index contributed by atoms with van der Waals surface area (Å²) in [7, 11) is 3.50. The van der Waals surface area contributed by atoms with Crippen molar-refractivity contribution in [3.05, 3.63) is 23.8 Å². The molecule has 1 amide bonds. The highest BCUT2D eigenvalue weighted by Crippen LogP contribution is 2.32. The van der Waals surface area contributed by atoms with Crippen LogP contribution in [0.4, 0.5) is 11.4 Å². The number of piperidine rings is 1. The number of rotatable bonds is 2.